The number of hydrogen-bond acceptors (Lipinski definition) is 5. The van der Waals surface area contributed by atoms with Crippen molar-refractivity contribution in [2.75, 3.05) is 45.6 Å². The highest BCUT2D eigenvalue weighted by Crippen LogP contribution is 2.19. The molecule has 8 nitrogen and oxygen atoms in total. The first-order chi connectivity index (χ1) is 13.6. The maximum atomic E-state index is 12.1. The lowest BCUT2D eigenvalue weighted by Crippen LogP contribution is -2.43. The monoisotopic (exact) mass is 418 g/mol. The van der Waals surface area contributed by atoms with Crippen molar-refractivity contribution < 1.29 is 17.9 Å². The van der Waals surface area contributed by atoms with Gasteiger partial charge in [-0.15, -0.1) is 0 Å². The van der Waals surface area contributed by atoms with Crippen molar-refractivity contribution in [2.45, 2.75) is 70.0 Å². The first kappa shape index (κ1) is 23.4. The second-order valence-corrected chi connectivity index (χ2v) is 9.49. The molecule has 9 heteroatoms. The van der Waals surface area contributed by atoms with E-state index in [-0.39, 0.29) is 11.9 Å². The van der Waals surface area contributed by atoms with E-state index >= 15 is 0 Å². The van der Waals surface area contributed by atoms with Crippen molar-refractivity contribution >= 4 is 16.0 Å². The van der Waals surface area contributed by atoms with Gasteiger partial charge >= 0.3 is 0 Å². The Kier molecular flexibility index (Phi) is 11.1. The molecule has 0 aromatic rings. The minimum absolute atomic E-state index is 0.000577. The van der Waals surface area contributed by atoms with Gasteiger partial charge < -0.3 is 20.1 Å². The van der Waals surface area contributed by atoms with E-state index < -0.39 is 10.0 Å². The molecule has 1 unspecified atom stereocenters. The highest BCUT2D eigenvalue weighted by Gasteiger charge is 2.17. The Hall–Kier alpha value is -0.900. The lowest BCUT2D eigenvalue weighted by molar-refractivity contribution is 0.0200. The molecule has 0 aromatic carbocycles. The normalized spacial score (nSPS) is 22.6. The Bertz CT molecular complexity index is 542. The minimum atomic E-state index is -3.33. The van der Waals surface area contributed by atoms with Crippen LogP contribution in [0.4, 0.5) is 0 Å². The van der Waals surface area contributed by atoms with Gasteiger partial charge in [-0.05, 0) is 32.1 Å². The van der Waals surface area contributed by atoms with Gasteiger partial charge in [0, 0.05) is 33.3 Å². The zero-order valence-corrected chi connectivity index (χ0v) is 18.1. The molecule has 0 aromatic heterocycles. The molecule has 0 bridgehead atoms. The van der Waals surface area contributed by atoms with Gasteiger partial charge in [0.05, 0.1) is 24.6 Å². The molecule has 1 saturated heterocycles. The van der Waals surface area contributed by atoms with Crippen LogP contribution in [0.2, 0.25) is 0 Å². The molecule has 164 valence electrons. The molecule has 1 aliphatic heterocycles. The molecule has 0 spiro atoms. The van der Waals surface area contributed by atoms with E-state index in [1.54, 1.807) is 7.05 Å². The Balaban J connectivity index is 1.55. The highest BCUT2D eigenvalue weighted by atomic mass is 32.2. The van der Waals surface area contributed by atoms with Crippen molar-refractivity contribution in [3.63, 3.8) is 0 Å². The molecule has 2 fully saturated rings. The zero-order chi connectivity index (χ0) is 20.1. The van der Waals surface area contributed by atoms with Crippen molar-refractivity contribution in [1.29, 1.82) is 0 Å². The lowest BCUT2D eigenvalue weighted by atomic mass is 10.1. The molecule has 1 aliphatic carbocycles. The van der Waals surface area contributed by atoms with E-state index in [0.717, 1.165) is 38.7 Å². The first-order valence-corrected chi connectivity index (χ1v) is 12.4. The third-order valence-electron chi connectivity index (χ3n) is 5.24. The van der Waals surface area contributed by atoms with Crippen LogP contribution in [0.3, 0.4) is 0 Å². The molecule has 1 saturated carbocycles. The number of sulfonamides is 1. The van der Waals surface area contributed by atoms with Crippen LogP contribution in [0.5, 0.6) is 0 Å². The van der Waals surface area contributed by atoms with Gasteiger partial charge in [0.25, 0.3) is 0 Å². The molecule has 2 aliphatic rings. The van der Waals surface area contributed by atoms with E-state index in [4.69, 9.17) is 9.47 Å². The molecule has 2 rings (SSSR count). The third-order valence-corrected chi connectivity index (χ3v) is 6.59. The summed E-state index contributed by atoms with van der Waals surface area (Å²) in [7, 11) is -1.65. The zero-order valence-electron chi connectivity index (χ0n) is 17.2. The SMILES string of the molecule is CN=C(NCCOC1CCCCCC1)NCCS(=O)(=O)NCC1CCCCO1. The number of rotatable bonds is 10. The molecule has 1 atom stereocenters. The number of guanidine groups is 1. The van der Waals surface area contributed by atoms with Gasteiger partial charge in [0.15, 0.2) is 5.96 Å². The molecular formula is C19H38N4O4S. The average molecular weight is 419 g/mol. The molecule has 3 N–H and O–H groups in total. The Morgan fingerprint density at radius 2 is 1.75 bits per heavy atom. The predicted molar refractivity (Wildman–Crippen MR) is 112 cm³/mol. The number of aliphatic imine (C=N–C) groups is 1. The van der Waals surface area contributed by atoms with E-state index in [1.807, 2.05) is 0 Å². The van der Waals surface area contributed by atoms with Crippen LogP contribution in [-0.4, -0.2) is 72.2 Å². The summed E-state index contributed by atoms with van der Waals surface area (Å²) < 4.78 is 38.4. The number of nitrogens with zero attached hydrogens (tertiary/aromatic N) is 1. The summed E-state index contributed by atoms with van der Waals surface area (Å²) in [5.74, 6) is 0.592. The standard InChI is InChI=1S/C19H38N4O4S/c1-20-19(21-11-14-27-17-8-4-2-3-5-9-17)22-12-15-28(24,25)23-16-18-10-6-7-13-26-18/h17-18,23H,2-16H2,1H3,(H2,20,21,22). The Morgan fingerprint density at radius 1 is 1.04 bits per heavy atom. The largest absolute Gasteiger partial charge is 0.377 e. The van der Waals surface area contributed by atoms with Crippen molar-refractivity contribution in [1.82, 2.24) is 15.4 Å². The maximum absolute atomic E-state index is 12.1. The summed E-state index contributed by atoms with van der Waals surface area (Å²) in [5, 5.41) is 6.22. The number of nitrogens with one attached hydrogen (secondary N) is 3. The van der Waals surface area contributed by atoms with Crippen molar-refractivity contribution in [3.8, 4) is 0 Å². The second kappa shape index (κ2) is 13.3. The van der Waals surface area contributed by atoms with Gasteiger partial charge in [0.2, 0.25) is 10.0 Å². The molecule has 1 heterocycles. The molecular weight excluding hydrogens is 380 g/mol. The number of hydrogen-bond donors (Lipinski definition) is 3. The van der Waals surface area contributed by atoms with Crippen molar-refractivity contribution in [3.05, 3.63) is 0 Å². The van der Waals surface area contributed by atoms with E-state index in [2.05, 4.69) is 20.3 Å². The Labute approximate surface area is 170 Å². The van der Waals surface area contributed by atoms with Crippen LogP contribution in [0.1, 0.15) is 57.8 Å². The van der Waals surface area contributed by atoms with Crippen LogP contribution in [0.25, 0.3) is 0 Å². The van der Waals surface area contributed by atoms with Crippen molar-refractivity contribution in [2.24, 2.45) is 4.99 Å². The number of ether oxygens (including phenoxy) is 2. The summed E-state index contributed by atoms with van der Waals surface area (Å²) in [6.45, 7) is 2.66. The summed E-state index contributed by atoms with van der Waals surface area (Å²) in [6, 6.07) is 0. The molecule has 0 radical (unpaired) electrons. The van der Waals surface area contributed by atoms with Crippen LogP contribution in [0, 0.1) is 0 Å². The predicted octanol–water partition coefficient (Wildman–Crippen LogP) is 1.38. The summed E-state index contributed by atoms with van der Waals surface area (Å²) in [4.78, 5) is 4.13. The second-order valence-electron chi connectivity index (χ2n) is 7.57. The summed E-state index contributed by atoms with van der Waals surface area (Å²) in [6.07, 6.45) is 10.9. The summed E-state index contributed by atoms with van der Waals surface area (Å²) in [5.41, 5.74) is 0. The van der Waals surface area contributed by atoms with Crippen LogP contribution >= 0.6 is 0 Å². The average Bonchev–Trinajstić information content (AvgIpc) is 2.98. The molecule has 28 heavy (non-hydrogen) atoms. The van der Waals surface area contributed by atoms with Crippen LogP contribution in [-0.2, 0) is 19.5 Å². The smallest absolute Gasteiger partial charge is 0.213 e. The van der Waals surface area contributed by atoms with E-state index in [0.29, 0.717) is 38.3 Å². The topological polar surface area (TPSA) is 101 Å². The van der Waals surface area contributed by atoms with Crippen LogP contribution in [0.15, 0.2) is 4.99 Å². The lowest BCUT2D eigenvalue weighted by Gasteiger charge is -2.22. The van der Waals surface area contributed by atoms with Gasteiger partial charge in [-0.3, -0.25) is 4.99 Å². The van der Waals surface area contributed by atoms with E-state index in [9.17, 15) is 8.42 Å². The fraction of sp³-hybridized carbons (Fsp3) is 0.947. The quantitative estimate of drug-likeness (QED) is 0.214. The van der Waals surface area contributed by atoms with Gasteiger partial charge in [0.1, 0.15) is 0 Å². The molecule has 0 amide bonds. The van der Waals surface area contributed by atoms with Gasteiger partial charge in [-0.25, -0.2) is 13.1 Å². The van der Waals surface area contributed by atoms with Gasteiger partial charge in [-0.2, -0.15) is 0 Å². The maximum Gasteiger partial charge on any atom is 0.213 e. The summed E-state index contributed by atoms with van der Waals surface area (Å²) >= 11 is 0. The first-order valence-electron chi connectivity index (χ1n) is 10.7. The Morgan fingerprint density at radius 3 is 2.43 bits per heavy atom. The minimum Gasteiger partial charge on any atom is -0.377 e. The fourth-order valence-corrected chi connectivity index (χ4v) is 4.54. The highest BCUT2D eigenvalue weighted by molar-refractivity contribution is 7.89. The van der Waals surface area contributed by atoms with E-state index in [1.165, 1.54) is 25.7 Å². The third kappa shape index (κ3) is 10.0. The fourth-order valence-electron chi connectivity index (χ4n) is 3.59. The van der Waals surface area contributed by atoms with Crippen LogP contribution < -0.4 is 15.4 Å². The van der Waals surface area contributed by atoms with Gasteiger partial charge in [-0.1, -0.05) is 25.7 Å².